The first kappa shape index (κ1) is 17.4. The number of hydrogen-bond donors (Lipinski definition) is 0. The minimum absolute atomic E-state index is 0.147. The topological polar surface area (TPSA) is 9.23 Å². The zero-order valence-electron chi connectivity index (χ0n) is 14.5. The van der Waals surface area contributed by atoms with Crippen molar-refractivity contribution >= 4 is 0 Å². The molecule has 0 spiro atoms. The van der Waals surface area contributed by atoms with E-state index in [4.69, 9.17) is 4.74 Å². The fourth-order valence-electron chi connectivity index (χ4n) is 5.34. The van der Waals surface area contributed by atoms with E-state index >= 15 is 0 Å². The Labute approximate surface area is 139 Å². The van der Waals surface area contributed by atoms with Gasteiger partial charge in [0.1, 0.15) is 0 Å². The van der Waals surface area contributed by atoms with Gasteiger partial charge in [-0.3, -0.25) is 0 Å². The van der Waals surface area contributed by atoms with E-state index in [1.165, 1.54) is 25.7 Å². The highest BCUT2D eigenvalue weighted by atomic mass is 19.3. The Bertz CT molecular complexity index is 392. The normalized spacial score (nSPS) is 43.6. The second-order valence-corrected chi connectivity index (χ2v) is 8.15. The minimum atomic E-state index is -2.88. The lowest BCUT2D eigenvalue weighted by Crippen LogP contribution is -2.61. The number of halogens is 2. The van der Waals surface area contributed by atoms with Crippen molar-refractivity contribution in [1.82, 2.24) is 0 Å². The molecule has 3 fully saturated rings. The molecule has 1 heterocycles. The third kappa shape index (κ3) is 3.65. The molecule has 3 heteroatoms. The maximum absolute atomic E-state index is 14.1. The van der Waals surface area contributed by atoms with E-state index in [1.54, 1.807) is 0 Å². The molecule has 23 heavy (non-hydrogen) atoms. The summed E-state index contributed by atoms with van der Waals surface area (Å²) in [7, 11) is 0. The standard InChI is InChI=1S/C20H32F2O/c1-3-5-15-8-12-17(13-9-15)19-18(20(21,22)23-19)16-10-6-14(4-2)7-11-16/h4,14-19H,2-3,5-13H2,1H3/t14?,15?,16?,17?,18-,19-/m0/s1. The Morgan fingerprint density at radius 3 is 2.13 bits per heavy atom. The van der Waals surface area contributed by atoms with Gasteiger partial charge in [0.2, 0.25) is 0 Å². The van der Waals surface area contributed by atoms with E-state index < -0.39 is 12.0 Å². The van der Waals surface area contributed by atoms with Crippen LogP contribution in [0.3, 0.4) is 0 Å². The first-order valence-corrected chi connectivity index (χ1v) is 9.73. The van der Waals surface area contributed by atoms with Crippen molar-refractivity contribution in [3.8, 4) is 0 Å². The summed E-state index contributed by atoms with van der Waals surface area (Å²) in [5.74, 6) is 1.33. The van der Waals surface area contributed by atoms with Crippen LogP contribution >= 0.6 is 0 Å². The molecule has 132 valence electrons. The Morgan fingerprint density at radius 2 is 1.61 bits per heavy atom. The molecule has 0 aromatic heterocycles. The summed E-state index contributed by atoms with van der Waals surface area (Å²) in [6, 6.07) is 0. The summed E-state index contributed by atoms with van der Waals surface area (Å²) in [5.41, 5.74) is 0. The van der Waals surface area contributed by atoms with Gasteiger partial charge in [0.25, 0.3) is 0 Å². The van der Waals surface area contributed by atoms with Crippen molar-refractivity contribution in [2.75, 3.05) is 0 Å². The van der Waals surface area contributed by atoms with Crippen LogP contribution in [-0.2, 0) is 4.74 Å². The fourth-order valence-corrected chi connectivity index (χ4v) is 5.34. The van der Waals surface area contributed by atoms with Crippen LogP contribution in [-0.4, -0.2) is 12.2 Å². The Hall–Kier alpha value is -0.440. The van der Waals surface area contributed by atoms with Gasteiger partial charge in [-0.2, -0.15) is 8.78 Å². The molecule has 2 aliphatic carbocycles. The van der Waals surface area contributed by atoms with Crippen molar-refractivity contribution < 1.29 is 13.5 Å². The van der Waals surface area contributed by atoms with Crippen LogP contribution in [0.1, 0.15) is 71.1 Å². The zero-order valence-corrected chi connectivity index (χ0v) is 14.5. The molecule has 1 aliphatic heterocycles. The molecule has 2 saturated carbocycles. The second kappa shape index (κ2) is 7.21. The van der Waals surface area contributed by atoms with Crippen molar-refractivity contribution in [3.05, 3.63) is 12.7 Å². The monoisotopic (exact) mass is 326 g/mol. The minimum Gasteiger partial charge on any atom is -0.316 e. The first-order chi connectivity index (χ1) is 11.0. The number of alkyl halides is 2. The Kier molecular flexibility index (Phi) is 5.45. The summed E-state index contributed by atoms with van der Waals surface area (Å²) < 4.78 is 33.4. The van der Waals surface area contributed by atoms with E-state index in [0.717, 1.165) is 44.4 Å². The maximum atomic E-state index is 14.1. The van der Waals surface area contributed by atoms with Crippen LogP contribution in [0.2, 0.25) is 0 Å². The highest BCUT2D eigenvalue weighted by Gasteiger charge is 2.62. The summed E-state index contributed by atoms with van der Waals surface area (Å²) in [6.45, 7) is 6.09. The van der Waals surface area contributed by atoms with E-state index in [-0.39, 0.29) is 12.0 Å². The average molecular weight is 326 g/mol. The number of rotatable bonds is 5. The van der Waals surface area contributed by atoms with Gasteiger partial charge < -0.3 is 4.74 Å². The van der Waals surface area contributed by atoms with Crippen molar-refractivity contribution in [3.63, 3.8) is 0 Å². The molecule has 1 saturated heterocycles. The zero-order chi connectivity index (χ0) is 16.4. The third-order valence-corrected chi connectivity index (χ3v) is 6.75. The molecule has 3 rings (SSSR count). The molecule has 0 aromatic rings. The molecule has 0 aromatic carbocycles. The lowest BCUT2D eigenvalue weighted by Gasteiger charge is -2.53. The van der Waals surface area contributed by atoms with Crippen LogP contribution in [0.15, 0.2) is 12.7 Å². The molecule has 0 amide bonds. The Balaban J connectivity index is 1.57. The van der Waals surface area contributed by atoms with Gasteiger partial charge in [-0.05, 0) is 62.2 Å². The molecular weight excluding hydrogens is 294 g/mol. The summed E-state index contributed by atoms with van der Waals surface area (Å²) >= 11 is 0. The van der Waals surface area contributed by atoms with E-state index in [9.17, 15) is 8.78 Å². The van der Waals surface area contributed by atoms with Gasteiger partial charge in [0.15, 0.2) is 0 Å². The van der Waals surface area contributed by atoms with E-state index in [1.807, 2.05) is 6.08 Å². The number of ether oxygens (including phenoxy) is 1. The Morgan fingerprint density at radius 1 is 1.00 bits per heavy atom. The lowest BCUT2D eigenvalue weighted by molar-refractivity contribution is -0.418. The molecule has 0 bridgehead atoms. The van der Waals surface area contributed by atoms with Gasteiger partial charge in [0.05, 0.1) is 12.0 Å². The van der Waals surface area contributed by atoms with Gasteiger partial charge >= 0.3 is 6.11 Å². The molecular formula is C20H32F2O. The summed E-state index contributed by atoms with van der Waals surface area (Å²) in [5, 5.41) is 0. The summed E-state index contributed by atoms with van der Waals surface area (Å²) in [6.07, 6.45) is 9.95. The molecule has 0 unspecified atom stereocenters. The third-order valence-electron chi connectivity index (χ3n) is 6.75. The maximum Gasteiger partial charge on any atom is 0.361 e. The molecule has 3 aliphatic rings. The SMILES string of the molecule is C=CC1CCC([C@H]2[C@H](C3CCC(CCC)CC3)OC2(F)F)CC1. The fraction of sp³-hybridized carbons (Fsp3) is 0.900. The largest absolute Gasteiger partial charge is 0.361 e. The van der Waals surface area contributed by atoms with E-state index in [0.29, 0.717) is 11.8 Å². The highest BCUT2D eigenvalue weighted by Crippen LogP contribution is 2.55. The van der Waals surface area contributed by atoms with Gasteiger partial charge in [0, 0.05) is 0 Å². The van der Waals surface area contributed by atoms with Crippen LogP contribution in [0.4, 0.5) is 8.78 Å². The summed E-state index contributed by atoms with van der Waals surface area (Å²) in [4.78, 5) is 0. The first-order valence-electron chi connectivity index (χ1n) is 9.73. The number of allylic oxidation sites excluding steroid dienone is 1. The van der Waals surface area contributed by atoms with Crippen LogP contribution in [0, 0.1) is 29.6 Å². The smallest absolute Gasteiger partial charge is 0.316 e. The number of hydrogen-bond acceptors (Lipinski definition) is 1. The quantitative estimate of drug-likeness (QED) is 0.547. The van der Waals surface area contributed by atoms with Crippen LogP contribution < -0.4 is 0 Å². The van der Waals surface area contributed by atoms with Crippen molar-refractivity contribution in [1.29, 1.82) is 0 Å². The lowest BCUT2D eigenvalue weighted by atomic mass is 9.66. The van der Waals surface area contributed by atoms with Crippen molar-refractivity contribution in [2.24, 2.45) is 29.6 Å². The molecule has 1 nitrogen and oxygen atoms in total. The van der Waals surface area contributed by atoms with Crippen LogP contribution in [0.5, 0.6) is 0 Å². The average Bonchev–Trinajstić information content (AvgIpc) is 2.55. The second-order valence-electron chi connectivity index (χ2n) is 8.15. The van der Waals surface area contributed by atoms with Gasteiger partial charge in [-0.25, -0.2) is 0 Å². The predicted octanol–water partition coefficient (Wildman–Crippen LogP) is 6.19. The predicted molar refractivity (Wildman–Crippen MR) is 89.3 cm³/mol. The van der Waals surface area contributed by atoms with Crippen molar-refractivity contribution in [2.45, 2.75) is 83.3 Å². The van der Waals surface area contributed by atoms with Gasteiger partial charge in [-0.1, -0.05) is 38.7 Å². The molecule has 0 radical (unpaired) electrons. The van der Waals surface area contributed by atoms with Crippen LogP contribution in [0.25, 0.3) is 0 Å². The molecule has 0 N–H and O–H groups in total. The highest BCUT2D eigenvalue weighted by molar-refractivity contribution is 4.99. The van der Waals surface area contributed by atoms with Gasteiger partial charge in [-0.15, -0.1) is 6.58 Å². The van der Waals surface area contributed by atoms with E-state index in [2.05, 4.69) is 13.5 Å². The molecule has 2 atom stereocenters.